The van der Waals surface area contributed by atoms with Crippen molar-refractivity contribution in [1.82, 2.24) is 20.2 Å². The maximum absolute atomic E-state index is 12.8. The molecule has 0 spiro atoms. The van der Waals surface area contributed by atoms with E-state index in [1.807, 2.05) is 6.07 Å². The van der Waals surface area contributed by atoms with Gasteiger partial charge in [0.15, 0.2) is 5.16 Å². The molecule has 150 valence electrons. The number of hydrogen-bond acceptors (Lipinski definition) is 6. The predicted octanol–water partition coefficient (Wildman–Crippen LogP) is 0.920. The normalized spacial score (nSPS) is 16.2. The number of hydrogen-bond donors (Lipinski definition) is 2. The van der Waals surface area contributed by atoms with E-state index in [0.717, 1.165) is 19.4 Å². The first kappa shape index (κ1) is 20.3. The van der Waals surface area contributed by atoms with Gasteiger partial charge in [-0.3, -0.25) is 19.0 Å². The number of nitrogens with one attached hydrogen (secondary N) is 2. The van der Waals surface area contributed by atoms with Crippen LogP contribution in [0.4, 0.5) is 0 Å². The highest BCUT2D eigenvalue weighted by Crippen LogP contribution is 2.18. The van der Waals surface area contributed by atoms with E-state index in [2.05, 4.69) is 15.6 Å². The zero-order valence-corrected chi connectivity index (χ0v) is 16.6. The van der Waals surface area contributed by atoms with Gasteiger partial charge in [-0.05, 0) is 25.0 Å². The average Bonchev–Trinajstić information content (AvgIpc) is 3.20. The van der Waals surface area contributed by atoms with Gasteiger partial charge in [0.2, 0.25) is 11.8 Å². The van der Waals surface area contributed by atoms with Crippen LogP contribution in [0.15, 0.2) is 34.2 Å². The molecule has 2 amide bonds. The van der Waals surface area contributed by atoms with Gasteiger partial charge in [-0.15, -0.1) is 0 Å². The van der Waals surface area contributed by atoms with Crippen molar-refractivity contribution in [2.24, 2.45) is 0 Å². The molecule has 1 aromatic carbocycles. The molecule has 2 N–H and O–H groups in total. The highest BCUT2D eigenvalue weighted by Gasteiger charge is 2.17. The lowest BCUT2D eigenvalue weighted by Crippen LogP contribution is -2.33. The monoisotopic (exact) mass is 404 g/mol. The molecule has 0 bridgehead atoms. The molecule has 1 saturated heterocycles. The number of fused-ring (bicyclic) bond motifs is 1. The predicted molar refractivity (Wildman–Crippen MR) is 107 cm³/mol. The Balaban J connectivity index is 1.71. The largest absolute Gasteiger partial charge is 0.376 e. The highest BCUT2D eigenvalue weighted by atomic mass is 32.2. The molecule has 28 heavy (non-hydrogen) atoms. The van der Waals surface area contributed by atoms with Gasteiger partial charge >= 0.3 is 0 Å². The summed E-state index contributed by atoms with van der Waals surface area (Å²) >= 11 is 1.21. The summed E-state index contributed by atoms with van der Waals surface area (Å²) in [5, 5.41) is 6.52. The first-order valence-electron chi connectivity index (χ1n) is 9.29. The summed E-state index contributed by atoms with van der Waals surface area (Å²) in [6.07, 6.45) is 2.07. The molecule has 2 aromatic rings. The first-order valence-corrected chi connectivity index (χ1v) is 10.3. The van der Waals surface area contributed by atoms with E-state index in [1.165, 1.54) is 23.3 Å². The Kier molecular flexibility index (Phi) is 7.05. The molecule has 1 aliphatic heterocycles. The second kappa shape index (κ2) is 9.70. The van der Waals surface area contributed by atoms with E-state index in [-0.39, 0.29) is 35.8 Å². The van der Waals surface area contributed by atoms with Crippen LogP contribution in [0.2, 0.25) is 0 Å². The standard InChI is InChI=1S/C19H24N4O4S/c1-13(24)20-8-9-23-18(26)15-6-2-3-7-16(15)22-19(23)28-12-17(25)21-11-14-5-4-10-27-14/h2-3,6-7,14H,4-5,8-12H2,1H3,(H,20,24)(H,21,25). The molecule has 1 atom stereocenters. The Bertz CT molecular complexity index is 908. The highest BCUT2D eigenvalue weighted by molar-refractivity contribution is 7.99. The lowest BCUT2D eigenvalue weighted by Gasteiger charge is -2.14. The van der Waals surface area contributed by atoms with Crippen LogP contribution in [0.25, 0.3) is 10.9 Å². The summed E-state index contributed by atoms with van der Waals surface area (Å²) in [5.74, 6) is -0.140. The average molecular weight is 404 g/mol. The molecule has 0 aliphatic carbocycles. The van der Waals surface area contributed by atoms with Gasteiger partial charge in [0.05, 0.1) is 22.8 Å². The summed E-state index contributed by atoms with van der Waals surface area (Å²) in [6.45, 7) is 3.27. The maximum Gasteiger partial charge on any atom is 0.262 e. The molecule has 2 heterocycles. The Hall–Kier alpha value is -2.39. The Morgan fingerprint density at radius 3 is 2.89 bits per heavy atom. The van der Waals surface area contributed by atoms with Crippen LogP contribution in [0.5, 0.6) is 0 Å². The summed E-state index contributed by atoms with van der Waals surface area (Å²) in [4.78, 5) is 40.7. The smallest absolute Gasteiger partial charge is 0.262 e. The van der Waals surface area contributed by atoms with Crippen LogP contribution < -0.4 is 16.2 Å². The molecule has 1 fully saturated rings. The first-order chi connectivity index (χ1) is 13.5. The molecule has 3 rings (SSSR count). The fourth-order valence-corrected chi connectivity index (χ4v) is 3.87. The second-order valence-corrected chi connectivity index (χ2v) is 7.52. The van der Waals surface area contributed by atoms with Crippen LogP contribution in [0.3, 0.4) is 0 Å². The molecule has 9 heteroatoms. The minimum atomic E-state index is -0.182. The number of carbonyl (C=O) groups is 2. The van der Waals surface area contributed by atoms with Gasteiger partial charge in [0, 0.05) is 33.2 Å². The maximum atomic E-state index is 12.8. The van der Waals surface area contributed by atoms with Crippen molar-refractivity contribution in [3.05, 3.63) is 34.6 Å². The number of carbonyl (C=O) groups excluding carboxylic acids is 2. The molecule has 0 radical (unpaired) electrons. The van der Waals surface area contributed by atoms with Crippen LogP contribution in [-0.4, -0.2) is 52.9 Å². The molecular formula is C19H24N4O4S. The Labute approximate surface area is 167 Å². The SMILES string of the molecule is CC(=O)NCCn1c(SCC(=O)NCC2CCCO2)nc2ccccc2c1=O. The molecule has 0 saturated carbocycles. The third-order valence-electron chi connectivity index (χ3n) is 4.42. The lowest BCUT2D eigenvalue weighted by atomic mass is 10.2. The van der Waals surface area contributed by atoms with E-state index in [9.17, 15) is 14.4 Å². The van der Waals surface area contributed by atoms with Crippen LogP contribution in [0, 0.1) is 0 Å². The number of thioether (sulfide) groups is 1. The van der Waals surface area contributed by atoms with E-state index in [1.54, 1.807) is 18.2 Å². The van der Waals surface area contributed by atoms with Crippen LogP contribution >= 0.6 is 11.8 Å². The zero-order chi connectivity index (χ0) is 19.9. The van der Waals surface area contributed by atoms with Crippen molar-refractivity contribution < 1.29 is 14.3 Å². The number of nitrogens with zero attached hydrogens (tertiary/aromatic N) is 2. The van der Waals surface area contributed by atoms with Crippen LogP contribution in [-0.2, 0) is 20.9 Å². The number of ether oxygens (including phenoxy) is 1. The second-order valence-electron chi connectivity index (χ2n) is 6.58. The Morgan fingerprint density at radius 2 is 2.14 bits per heavy atom. The zero-order valence-electron chi connectivity index (χ0n) is 15.8. The van der Waals surface area contributed by atoms with Crippen LogP contribution in [0.1, 0.15) is 19.8 Å². The van der Waals surface area contributed by atoms with E-state index >= 15 is 0 Å². The van der Waals surface area contributed by atoms with Crippen molar-refractivity contribution in [3.8, 4) is 0 Å². The summed E-state index contributed by atoms with van der Waals surface area (Å²) in [5.41, 5.74) is 0.406. The topological polar surface area (TPSA) is 102 Å². The molecule has 1 aliphatic rings. The fraction of sp³-hybridized carbons (Fsp3) is 0.474. The number of rotatable bonds is 8. The van der Waals surface area contributed by atoms with Crippen molar-refractivity contribution in [1.29, 1.82) is 0 Å². The summed E-state index contributed by atoms with van der Waals surface area (Å²) < 4.78 is 7.01. The third-order valence-corrected chi connectivity index (χ3v) is 5.40. The third kappa shape index (κ3) is 5.32. The summed E-state index contributed by atoms with van der Waals surface area (Å²) in [6, 6.07) is 7.10. The van der Waals surface area contributed by atoms with E-state index in [4.69, 9.17) is 4.74 Å². The minimum Gasteiger partial charge on any atom is -0.376 e. The van der Waals surface area contributed by atoms with Gasteiger partial charge in [0.1, 0.15) is 0 Å². The van der Waals surface area contributed by atoms with Gasteiger partial charge in [0.25, 0.3) is 5.56 Å². The van der Waals surface area contributed by atoms with Crippen molar-refractivity contribution >= 4 is 34.5 Å². The van der Waals surface area contributed by atoms with Gasteiger partial charge in [-0.1, -0.05) is 23.9 Å². The van der Waals surface area contributed by atoms with Gasteiger partial charge in [-0.25, -0.2) is 4.98 Å². The minimum absolute atomic E-state index is 0.0866. The molecule has 8 nitrogen and oxygen atoms in total. The van der Waals surface area contributed by atoms with Crippen molar-refractivity contribution in [2.75, 3.05) is 25.4 Å². The molecular weight excluding hydrogens is 380 g/mol. The molecule has 1 unspecified atom stereocenters. The van der Waals surface area contributed by atoms with Gasteiger partial charge in [-0.2, -0.15) is 0 Å². The number of aromatic nitrogens is 2. The lowest BCUT2D eigenvalue weighted by molar-refractivity contribution is -0.119. The van der Waals surface area contributed by atoms with E-state index in [0.29, 0.717) is 29.1 Å². The van der Waals surface area contributed by atoms with Crippen molar-refractivity contribution in [3.63, 3.8) is 0 Å². The quantitative estimate of drug-likeness (QED) is 0.501. The van der Waals surface area contributed by atoms with Crippen molar-refractivity contribution in [2.45, 2.75) is 37.6 Å². The van der Waals surface area contributed by atoms with E-state index < -0.39 is 0 Å². The summed E-state index contributed by atoms with van der Waals surface area (Å²) in [7, 11) is 0. The number of amides is 2. The number of para-hydroxylation sites is 1. The Morgan fingerprint density at radius 1 is 1.32 bits per heavy atom. The fourth-order valence-electron chi connectivity index (χ4n) is 3.01. The number of benzene rings is 1. The molecule has 1 aromatic heterocycles. The van der Waals surface area contributed by atoms with Gasteiger partial charge < -0.3 is 15.4 Å².